The molecular formula is C24H22N6O3. The summed E-state index contributed by atoms with van der Waals surface area (Å²) in [6.07, 6.45) is 6.65. The molecule has 2 N–H and O–H groups in total. The van der Waals surface area contributed by atoms with Crippen molar-refractivity contribution in [2.24, 2.45) is 0 Å². The number of ether oxygens (including phenoxy) is 2. The van der Waals surface area contributed by atoms with Gasteiger partial charge in [0, 0.05) is 29.8 Å². The molecule has 0 atom stereocenters. The molecule has 166 valence electrons. The molecule has 2 heterocycles. The molecule has 0 aliphatic heterocycles. The Kier molecular flexibility index (Phi) is 6.60. The summed E-state index contributed by atoms with van der Waals surface area (Å²) in [5, 5.41) is 18.4. The summed E-state index contributed by atoms with van der Waals surface area (Å²) in [5.74, 6) is 2.22. The van der Waals surface area contributed by atoms with E-state index in [1.54, 1.807) is 61.6 Å². The molecule has 0 fully saturated rings. The Hall–Kier alpha value is -4.66. The minimum Gasteiger partial charge on any atom is -0.493 e. The molecule has 4 aromatic rings. The van der Waals surface area contributed by atoms with Gasteiger partial charge in [0.15, 0.2) is 23.1 Å². The first kappa shape index (κ1) is 21.6. The molecule has 33 heavy (non-hydrogen) atoms. The van der Waals surface area contributed by atoms with Crippen LogP contribution in [0.3, 0.4) is 0 Å². The van der Waals surface area contributed by atoms with Crippen LogP contribution in [0.15, 0.2) is 79.1 Å². The highest BCUT2D eigenvalue weighted by atomic mass is 16.5. The molecule has 0 aliphatic rings. The van der Waals surface area contributed by atoms with Gasteiger partial charge in [0.05, 0.1) is 14.2 Å². The van der Waals surface area contributed by atoms with E-state index in [2.05, 4.69) is 25.9 Å². The van der Waals surface area contributed by atoms with Gasteiger partial charge in [-0.05, 0) is 66.2 Å². The van der Waals surface area contributed by atoms with Crippen LogP contribution in [-0.4, -0.2) is 40.1 Å². The van der Waals surface area contributed by atoms with Crippen LogP contribution in [0.5, 0.6) is 11.5 Å². The van der Waals surface area contributed by atoms with Crippen molar-refractivity contribution in [2.75, 3.05) is 24.9 Å². The zero-order valence-corrected chi connectivity index (χ0v) is 18.1. The number of amides is 1. The summed E-state index contributed by atoms with van der Waals surface area (Å²) in [4.78, 5) is 12.3. The Morgan fingerprint density at radius 2 is 1.73 bits per heavy atom. The van der Waals surface area contributed by atoms with Crippen LogP contribution in [0.4, 0.5) is 17.2 Å². The minimum atomic E-state index is -0.245. The highest BCUT2D eigenvalue weighted by Gasteiger charge is 2.04. The van der Waals surface area contributed by atoms with Crippen molar-refractivity contribution < 1.29 is 14.3 Å². The third-order valence-corrected chi connectivity index (χ3v) is 4.65. The molecule has 2 aromatic carbocycles. The molecule has 0 saturated heterocycles. The summed E-state index contributed by atoms with van der Waals surface area (Å²) in [5.41, 5.74) is 2.31. The highest BCUT2D eigenvalue weighted by Crippen LogP contribution is 2.28. The summed E-state index contributed by atoms with van der Waals surface area (Å²) in [6.45, 7) is 0. The van der Waals surface area contributed by atoms with Gasteiger partial charge in [0.2, 0.25) is 5.91 Å². The van der Waals surface area contributed by atoms with Crippen molar-refractivity contribution in [3.05, 3.63) is 84.7 Å². The van der Waals surface area contributed by atoms with Crippen molar-refractivity contribution in [1.29, 1.82) is 0 Å². The van der Waals surface area contributed by atoms with Gasteiger partial charge in [-0.25, -0.2) is 4.68 Å². The fraction of sp³-hybridized carbons (Fsp3) is 0.0833. The number of nitrogens with zero attached hydrogens (tertiary/aromatic N) is 4. The smallest absolute Gasteiger partial charge is 0.248 e. The van der Waals surface area contributed by atoms with Crippen molar-refractivity contribution in [1.82, 2.24) is 20.0 Å². The van der Waals surface area contributed by atoms with E-state index < -0.39 is 0 Å². The molecular weight excluding hydrogens is 420 g/mol. The lowest BCUT2D eigenvalue weighted by Crippen LogP contribution is -2.07. The lowest BCUT2D eigenvalue weighted by atomic mass is 10.2. The van der Waals surface area contributed by atoms with Gasteiger partial charge in [-0.15, -0.1) is 10.2 Å². The van der Waals surface area contributed by atoms with Crippen LogP contribution in [-0.2, 0) is 4.79 Å². The Bertz CT molecular complexity index is 1240. The number of benzene rings is 2. The minimum absolute atomic E-state index is 0.245. The van der Waals surface area contributed by atoms with Gasteiger partial charge in [-0.1, -0.05) is 6.07 Å². The van der Waals surface area contributed by atoms with E-state index in [1.807, 2.05) is 36.4 Å². The fourth-order valence-electron chi connectivity index (χ4n) is 3.02. The van der Waals surface area contributed by atoms with E-state index in [9.17, 15) is 4.79 Å². The van der Waals surface area contributed by atoms with Gasteiger partial charge in [0.25, 0.3) is 0 Å². The van der Waals surface area contributed by atoms with E-state index in [-0.39, 0.29) is 5.91 Å². The van der Waals surface area contributed by atoms with Gasteiger partial charge in [-0.2, -0.15) is 5.10 Å². The number of carbonyl (C=O) groups is 1. The normalized spacial score (nSPS) is 10.7. The van der Waals surface area contributed by atoms with Crippen LogP contribution in [0.1, 0.15) is 5.56 Å². The molecule has 0 saturated carbocycles. The second-order valence-corrected chi connectivity index (χ2v) is 6.87. The Labute approximate surface area is 190 Å². The Balaban J connectivity index is 1.33. The predicted octanol–water partition coefficient (Wildman–Crippen LogP) is 4.08. The van der Waals surface area contributed by atoms with E-state index in [0.29, 0.717) is 28.8 Å². The average molecular weight is 442 g/mol. The largest absolute Gasteiger partial charge is 0.493 e. The predicted molar refractivity (Wildman–Crippen MR) is 126 cm³/mol. The number of hydrogen-bond acceptors (Lipinski definition) is 7. The van der Waals surface area contributed by atoms with Crippen LogP contribution >= 0.6 is 0 Å². The maximum atomic E-state index is 12.3. The van der Waals surface area contributed by atoms with E-state index in [0.717, 1.165) is 11.3 Å². The molecule has 0 spiro atoms. The van der Waals surface area contributed by atoms with Crippen molar-refractivity contribution >= 4 is 29.2 Å². The number of carbonyl (C=O) groups excluding carboxylic acids is 1. The van der Waals surface area contributed by atoms with Gasteiger partial charge in [-0.3, -0.25) is 4.79 Å². The topological polar surface area (TPSA) is 103 Å². The Morgan fingerprint density at radius 1 is 0.939 bits per heavy atom. The number of rotatable bonds is 8. The summed E-state index contributed by atoms with van der Waals surface area (Å²) < 4.78 is 12.1. The van der Waals surface area contributed by atoms with Gasteiger partial charge < -0.3 is 20.1 Å². The average Bonchev–Trinajstić information content (AvgIpc) is 3.39. The highest BCUT2D eigenvalue weighted by molar-refractivity contribution is 6.02. The molecule has 9 nitrogen and oxygen atoms in total. The third kappa shape index (κ3) is 5.53. The summed E-state index contributed by atoms with van der Waals surface area (Å²) in [7, 11) is 3.15. The van der Waals surface area contributed by atoms with Crippen molar-refractivity contribution in [3.8, 4) is 17.3 Å². The van der Waals surface area contributed by atoms with Crippen molar-refractivity contribution in [3.63, 3.8) is 0 Å². The number of anilines is 3. The SMILES string of the molecule is COc1ccc(C=CC(=O)Nc2ccc(Nc3ccc(-n4cccn4)nn3)cc2)cc1OC. The number of nitrogens with one attached hydrogen (secondary N) is 2. The zero-order chi connectivity index (χ0) is 23.0. The standard InChI is InChI=1S/C24H22N6O3/c1-32-20-10-4-17(16-21(20)33-2)5-13-24(31)27-19-8-6-18(7-9-19)26-22-11-12-23(29-28-22)30-15-3-14-25-30/h3-16H,1-2H3,(H,26,28)(H,27,31). The zero-order valence-electron chi connectivity index (χ0n) is 18.1. The van der Waals surface area contributed by atoms with E-state index >= 15 is 0 Å². The first-order chi connectivity index (χ1) is 16.1. The lowest BCUT2D eigenvalue weighted by Gasteiger charge is -2.08. The maximum Gasteiger partial charge on any atom is 0.248 e. The molecule has 0 aliphatic carbocycles. The summed E-state index contributed by atoms with van der Waals surface area (Å²) >= 11 is 0. The first-order valence-corrected chi connectivity index (χ1v) is 10.1. The van der Waals surface area contributed by atoms with Gasteiger partial charge >= 0.3 is 0 Å². The van der Waals surface area contributed by atoms with E-state index in [4.69, 9.17) is 9.47 Å². The van der Waals surface area contributed by atoms with Crippen LogP contribution in [0.2, 0.25) is 0 Å². The monoisotopic (exact) mass is 442 g/mol. The molecule has 2 aromatic heterocycles. The molecule has 1 amide bonds. The fourth-order valence-corrected chi connectivity index (χ4v) is 3.02. The molecule has 0 radical (unpaired) electrons. The molecule has 0 bridgehead atoms. The van der Waals surface area contributed by atoms with Crippen LogP contribution in [0, 0.1) is 0 Å². The quantitative estimate of drug-likeness (QED) is 0.396. The molecule has 9 heteroatoms. The summed E-state index contributed by atoms with van der Waals surface area (Å²) in [6, 6.07) is 18.2. The lowest BCUT2D eigenvalue weighted by molar-refractivity contribution is -0.111. The number of methoxy groups -OCH3 is 2. The van der Waals surface area contributed by atoms with Crippen LogP contribution in [0.25, 0.3) is 11.9 Å². The third-order valence-electron chi connectivity index (χ3n) is 4.65. The second kappa shape index (κ2) is 10.1. The number of aromatic nitrogens is 4. The second-order valence-electron chi connectivity index (χ2n) is 6.87. The molecule has 4 rings (SSSR count). The van der Waals surface area contributed by atoms with Gasteiger partial charge in [0.1, 0.15) is 0 Å². The Morgan fingerprint density at radius 3 is 2.39 bits per heavy atom. The maximum absolute atomic E-state index is 12.3. The molecule has 0 unspecified atom stereocenters. The van der Waals surface area contributed by atoms with E-state index in [1.165, 1.54) is 6.08 Å². The first-order valence-electron chi connectivity index (χ1n) is 10.1. The van der Waals surface area contributed by atoms with Crippen LogP contribution < -0.4 is 20.1 Å². The number of hydrogen-bond donors (Lipinski definition) is 2. The van der Waals surface area contributed by atoms with Crippen molar-refractivity contribution in [2.45, 2.75) is 0 Å².